The standard InChI is InChI=1S/C29H34N2O3/c1-6-15-34-21-13-11-20(12-14-21)26-25(28(33)31-22-10-8-7-9-18(22)2)19(3)30-23-16-29(4,5)17-24(32)27(23)26/h7-14,26-27H,6,15-17H2,1-5H3,(H,31,33)/t26-,27?/m0/s1. The first-order chi connectivity index (χ1) is 16.2. The van der Waals surface area contributed by atoms with E-state index >= 15 is 0 Å². The van der Waals surface area contributed by atoms with Gasteiger partial charge in [-0.2, -0.15) is 0 Å². The molecule has 2 atom stereocenters. The van der Waals surface area contributed by atoms with Crippen molar-refractivity contribution in [2.75, 3.05) is 11.9 Å². The molecule has 0 bridgehead atoms. The van der Waals surface area contributed by atoms with Crippen molar-refractivity contribution in [1.29, 1.82) is 0 Å². The molecule has 2 aromatic carbocycles. The van der Waals surface area contributed by atoms with Crippen LogP contribution >= 0.6 is 0 Å². The number of amides is 1. The number of Topliss-reactive ketones (excluding diaryl/α,β-unsaturated/α-hetero) is 1. The first kappa shape index (κ1) is 23.9. The molecule has 5 heteroatoms. The number of allylic oxidation sites excluding steroid dienone is 1. The summed E-state index contributed by atoms with van der Waals surface area (Å²) >= 11 is 0. The minimum absolute atomic E-state index is 0.129. The van der Waals surface area contributed by atoms with Crippen molar-refractivity contribution in [2.24, 2.45) is 16.3 Å². The molecule has 0 radical (unpaired) electrons. The number of hydrogen-bond donors (Lipinski definition) is 1. The summed E-state index contributed by atoms with van der Waals surface area (Å²) < 4.78 is 5.76. The van der Waals surface area contributed by atoms with E-state index in [2.05, 4.69) is 26.1 Å². The second-order valence-electron chi connectivity index (χ2n) is 10.2. The van der Waals surface area contributed by atoms with Gasteiger partial charge in [0.2, 0.25) is 0 Å². The van der Waals surface area contributed by atoms with Gasteiger partial charge in [-0.1, -0.05) is 51.1 Å². The summed E-state index contributed by atoms with van der Waals surface area (Å²) in [5, 5.41) is 3.07. The van der Waals surface area contributed by atoms with E-state index in [0.29, 0.717) is 24.3 Å². The largest absolute Gasteiger partial charge is 0.494 e. The predicted molar refractivity (Wildman–Crippen MR) is 136 cm³/mol. The zero-order valence-electron chi connectivity index (χ0n) is 20.8. The molecule has 1 amide bonds. The summed E-state index contributed by atoms with van der Waals surface area (Å²) in [6.07, 6.45) is 2.17. The summed E-state index contributed by atoms with van der Waals surface area (Å²) in [5.74, 6) is -0.0568. The average molecular weight is 459 g/mol. The maximum absolute atomic E-state index is 13.7. The van der Waals surface area contributed by atoms with Crippen molar-refractivity contribution in [2.45, 2.75) is 59.8 Å². The average Bonchev–Trinajstić information content (AvgIpc) is 2.77. The summed E-state index contributed by atoms with van der Waals surface area (Å²) in [4.78, 5) is 32.0. The Morgan fingerprint density at radius 1 is 1.06 bits per heavy atom. The Hall–Kier alpha value is -3.21. The Labute approximate surface area is 202 Å². The SMILES string of the molecule is CCCOc1ccc([C@H]2C(C(=O)Nc3ccccc3C)=C(C)N=C3CC(C)(C)CC(=O)C32)cc1. The van der Waals surface area contributed by atoms with Crippen LogP contribution in [0.5, 0.6) is 5.75 Å². The molecular weight excluding hydrogens is 424 g/mol. The number of rotatable bonds is 6. The van der Waals surface area contributed by atoms with E-state index in [1.807, 2.05) is 62.4 Å². The van der Waals surface area contributed by atoms with Crippen molar-refractivity contribution in [3.05, 3.63) is 70.9 Å². The van der Waals surface area contributed by atoms with Crippen molar-refractivity contribution in [3.63, 3.8) is 0 Å². The van der Waals surface area contributed by atoms with Gasteiger partial charge < -0.3 is 10.1 Å². The van der Waals surface area contributed by atoms with Crippen LogP contribution < -0.4 is 10.1 Å². The molecule has 0 saturated heterocycles. The van der Waals surface area contributed by atoms with Crippen LogP contribution in [0.3, 0.4) is 0 Å². The van der Waals surface area contributed by atoms with Crippen LogP contribution in [-0.4, -0.2) is 24.0 Å². The minimum Gasteiger partial charge on any atom is -0.494 e. The first-order valence-corrected chi connectivity index (χ1v) is 12.1. The van der Waals surface area contributed by atoms with Gasteiger partial charge in [-0.25, -0.2) is 0 Å². The topological polar surface area (TPSA) is 67.8 Å². The van der Waals surface area contributed by atoms with Gasteiger partial charge in [0.1, 0.15) is 11.5 Å². The van der Waals surface area contributed by atoms with E-state index in [0.717, 1.165) is 41.1 Å². The van der Waals surface area contributed by atoms with Crippen molar-refractivity contribution >= 4 is 23.1 Å². The Morgan fingerprint density at radius 3 is 2.44 bits per heavy atom. The van der Waals surface area contributed by atoms with E-state index in [1.165, 1.54) is 0 Å². The molecule has 1 saturated carbocycles. The zero-order valence-corrected chi connectivity index (χ0v) is 20.8. The number of hydrogen-bond acceptors (Lipinski definition) is 4. The highest BCUT2D eigenvalue weighted by Crippen LogP contribution is 2.47. The quantitative estimate of drug-likeness (QED) is 0.557. The van der Waals surface area contributed by atoms with Gasteiger partial charge >= 0.3 is 0 Å². The fourth-order valence-corrected chi connectivity index (χ4v) is 5.14. The maximum atomic E-state index is 13.7. The number of nitrogens with one attached hydrogen (secondary N) is 1. The Bertz CT molecular complexity index is 1160. The molecule has 1 aliphatic carbocycles. The highest BCUT2D eigenvalue weighted by atomic mass is 16.5. The lowest BCUT2D eigenvalue weighted by atomic mass is 9.63. The third-order valence-electron chi connectivity index (χ3n) is 6.71. The van der Waals surface area contributed by atoms with Crippen molar-refractivity contribution < 1.29 is 14.3 Å². The maximum Gasteiger partial charge on any atom is 0.254 e. The highest BCUT2D eigenvalue weighted by Gasteiger charge is 2.47. The molecule has 2 aromatic rings. The zero-order chi connectivity index (χ0) is 24.5. The molecular formula is C29H34N2O3. The lowest BCUT2D eigenvalue weighted by Crippen LogP contribution is -2.44. The second kappa shape index (κ2) is 9.57. The van der Waals surface area contributed by atoms with Gasteiger partial charge in [0, 0.05) is 35.0 Å². The number of aliphatic imine (C=N–C) groups is 1. The van der Waals surface area contributed by atoms with Gasteiger partial charge in [-0.15, -0.1) is 0 Å². The van der Waals surface area contributed by atoms with Crippen LogP contribution in [-0.2, 0) is 9.59 Å². The number of carbonyl (C=O) groups is 2. The predicted octanol–water partition coefficient (Wildman–Crippen LogP) is 6.24. The summed E-state index contributed by atoms with van der Waals surface area (Å²) in [5.41, 5.74) is 4.69. The number of anilines is 1. The van der Waals surface area contributed by atoms with Gasteiger partial charge in [0.25, 0.3) is 5.91 Å². The Balaban J connectivity index is 1.77. The van der Waals surface area contributed by atoms with E-state index in [4.69, 9.17) is 9.73 Å². The normalized spacial score (nSPS) is 21.6. The minimum atomic E-state index is -0.420. The molecule has 1 fully saturated rings. The number of fused-ring (bicyclic) bond motifs is 1. The van der Waals surface area contributed by atoms with Crippen LogP contribution in [0.25, 0.3) is 0 Å². The monoisotopic (exact) mass is 458 g/mol. The lowest BCUT2D eigenvalue weighted by molar-refractivity contribution is -0.124. The van der Waals surface area contributed by atoms with E-state index in [9.17, 15) is 9.59 Å². The molecule has 34 heavy (non-hydrogen) atoms. The van der Waals surface area contributed by atoms with E-state index in [1.54, 1.807) is 0 Å². The van der Waals surface area contributed by atoms with E-state index in [-0.39, 0.29) is 23.0 Å². The van der Waals surface area contributed by atoms with Crippen LogP contribution in [0, 0.1) is 18.3 Å². The number of ether oxygens (including phenoxy) is 1. The lowest BCUT2D eigenvalue weighted by Gasteiger charge is -2.41. The van der Waals surface area contributed by atoms with Crippen LogP contribution in [0.1, 0.15) is 64.0 Å². The number of carbonyl (C=O) groups excluding carboxylic acids is 2. The van der Waals surface area contributed by atoms with Gasteiger partial charge in [0.15, 0.2) is 0 Å². The third kappa shape index (κ3) is 4.84. The molecule has 0 aromatic heterocycles. The number of ketones is 1. The smallest absolute Gasteiger partial charge is 0.254 e. The molecule has 4 rings (SSSR count). The van der Waals surface area contributed by atoms with Crippen LogP contribution in [0.2, 0.25) is 0 Å². The molecule has 1 aliphatic heterocycles. The van der Waals surface area contributed by atoms with Crippen molar-refractivity contribution in [3.8, 4) is 5.75 Å². The van der Waals surface area contributed by atoms with E-state index < -0.39 is 5.92 Å². The Kier molecular flexibility index (Phi) is 6.74. The summed E-state index contributed by atoms with van der Waals surface area (Å²) in [6, 6.07) is 15.5. The number of nitrogens with zero attached hydrogens (tertiary/aromatic N) is 1. The van der Waals surface area contributed by atoms with Crippen molar-refractivity contribution in [1.82, 2.24) is 0 Å². The molecule has 1 unspecified atom stereocenters. The molecule has 0 spiro atoms. The molecule has 5 nitrogen and oxygen atoms in total. The van der Waals surface area contributed by atoms with Crippen LogP contribution in [0.15, 0.2) is 64.8 Å². The number of aryl methyl sites for hydroxylation is 1. The first-order valence-electron chi connectivity index (χ1n) is 12.1. The highest BCUT2D eigenvalue weighted by molar-refractivity contribution is 6.14. The second-order valence-corrected chi connectivity index (χ2v) is 10.2. The number of para-hydroxylation sites is 1. The molecule has 1 N–H and O–H groups in total. The fourth-order valence-electron chi connectivity index (χ4n) is 5.14. The number of benzene rings is 2. The third-order valence-corrected chi connectivity index (χ3v) is 6.71. The summed E-state index contributed by atoms with van der Waals surface area (Å²) in [7, 11) is 0. The van der Waals surface area contributed by atoms with Gasteiger partial charge in [0.05, 0.1) is 12.5 Å². The molecule has 1 heterocycles. The van der Waals surface area contributed by atoms with Gasteiger partial charge in [-0.3, -0.25) is 14.6 Å². The summed E-state index contributed by atoms with van der Waals surface area (Å²) in [6.45, 7) is 10.8. The van der Waals surface area contributed by atoms with Crippen LogP contribution in [0.4, 0.5) is 5.69 Å². The fraction of sp³-hybridized carbons (Fsp3) is 0.414. The molecule has 2 aliphatic rings. The Morgan fingerprint density at radius 2 is 1.76 bits per heavy atom. The molecule has 178 valence electrons. The van der Waals surface area contributed by atoms with Gasteiger partial charge in [-0.05, 0) is 61.4 Å².